The van der Waals surface area contributed by atoms with E-state index in [4.69, 9.17) is 0 Å². The largest absolute Gasteiger partial charge is 0.468 e. The Morgan fingerprint density at radius 2 is 2.13 bits per heavy atom. The summed E-state index contributed by atoms with van der Waals surface area (Å²) in [5, 5.41) is 0. The maximum atomic E-state index is 12.0. The van der Waals surface area contributed by atoms with Crippen LogP contribution in [0.3, 0.4) is 0 Å². The Morgan fingerprint density at radius 1 is 1.47 bits per heavy atom. The number of hydrogen-bond acceptors (Lipinski definition) is 4. The molecule has 2 fully saturated rings. The molecule has 1 aliphatic carbocycles. The Bertz CT molecular complexity index is 299. The average Bonchev–Trinajstić information content (AvgIpc) is 3.01. The molecular weight excluding hydrogens is 196 g/mol. The molecule has 1 heterocycles. The van der Waals surface area contributed by atoms with E-state index in [2.05, 4.69) is 9.64 Å². The summed E-state index contributed by atoms with van der Waals surface area (Å²) >= 11 is 0. The van der Waals surface area contributed by atoms with Gasteiger partial charge in [-0.2, -0.15) is 0 Å². The van der Waals surface area contributed by atoms with Crippen LogP contribution in [0.25, 0.3) is 0 Å². The number of likely N-dealkylation sites (N-methyl/N-ethyl adjacent to an activating group) is 1. The summed E-state index contributed by atoms with van der Waals surface area (Å²) in [4.78, 5) is 26.9. The first-order chi connectivity index (χ1) is 7.10. The van der Waals surface area contributed by atoms with Gasteiger partial charge in [-0.15, -0.1) is 0 Å². The topological polar surface area (TPSA) is 49.9 Å². The second-order valence-corrected chi connectivity index (χ2v) is 4.26. The number of nitrogens with zero attached hydrogens (tertiary/aromatic N) is 2. The summed E-state index contributed by atoms with van der Waals surface area (Å²) in [7, 11) is 3.32. The number of methoxy groups -OCH3 is 1. The highest BCUT2D eigenvalue weighted by atomic mass is 16.5. The van der Waals surface area contributed by atoms with Crippen molar-refractivity contribution in [3.8, 4) is 0 Å². The normalized spacial score (nSPS) is 24.4. The second kappa shape index (κ2) is 3.48. The number of amides is 1. The molecule has 2 aliphatic rings. The third kappa shape index (κ3) is 1.61. The van der Waals surface area contributed by atoms with E-state index in [1.807, 2.05) is 7.05 Å². The van der Waals surface area contributed by atoms with Gasteiger partial charge in [0.15, 0.2) is 0 Å². The quantitative estimate of drug-likeness (QED) is 0.577. The summed E-state index contributed by atoms with van der Waals surface area (Å²) in [5.41, 5.74) is -0.285. The van der Waals surface area contributed by atoms with E-state index in [9.17, 15) is 9.59 Å². The molecule has 1 aliphatic heterocycles. The van der Waals surface area contributed by atoms with Crippen molar-refractivity contribution < 1.29 is 14.3 Å². The molecule has 5 heteroatoms. The fraction of sp³-hybridized carbons (Fsp3) is 0.800. The fourth-order valence-corrected chi connectivity index (χ4v) is 2.13. The monoisotopic (exact) mass is 212 g/mol. The number of carbonyl (C=O) groups is 2. The fourth-order valence-electron chi connectivity index (χ4n) is 2.13. The number of carbonyl (C=O) groups excluding carboxylic acids is 2. The predicted molar refractivity (Wildman–Crippen MR) is 53.2 cm³/mol. The van der Waals surface area contributed by atoms with Gasteiger partial charge in [0.1, 0.15) is 12.1 Å². The summed E-state index contributed by atoms with van der Waals surface area (Å²) in [6.07, 6.45) is 1.83. The zero-order valence-corrected chi connectivity index (χ0v) is 9.15. The summed E-state index contributed by atoms with van der Waals surface area (Å²) in [6.45, 7) is 1.54. The number of hydrogen-bond donors (Lipinski definition) is 0. The third-order valence-electron chi connectivity index (χ3n) is 3.39. The molecule has 0 bridgehead atoms. The Labute approximate surface area is 89.0 Å². The molecule has 0 unspecified atom stereocenters. The second-order valence-electron chi connectivity index (χ2n) is 4.26. The highest BCUT2D eigenvalue weighted by Gasteiger charge is 2.56. The van der Waals surface area contributed by atoms with Crippen molar-refractivity contribution in [3.63, 3.8) is 0 Å². The van der Waals surface area contributed by atoms with Gasteiger partial charge in [-0.25, -0.2) is 0 Å². The lowest BCUT2D eigenvalue weighted by Crippen LogP contribution is -2.58. The Hall–Kier alpha value is -1.10. The lowest BCUT2D eigenvalue weighted by atomic mass is 10.1. The maximum absolute atomic E-state index is 12.0. The molecule has 84 valence electrons. The number of ether oxygens (including phenoxy) is 1. The van der Waals surface area contributed by atoms with E-state index in [1.165, 1.54) is 7.11 Å². The van der Waals surface area contributed by atoms with Crippen LogP contribution in [-0.4, -0.2) is 61.0 Å². The molecule has 0 aromatic heterocycles. The van der Waals surface area contributed by atoms with Crippen molar-refractivity contribution in [2.45, 2.75) is 18.4 Å². The molecule has 0 aromatic rings. The number of esters is 1. The summed E-state index contributed by atoms with van der Waals surface area (Å²) in [6, 6.07) is 0. The third-order valence-corrected chi connectivity index (χ3v) is 3.39. The number of rotatable bonds is 2. The molecule has 1 amide bonds. The van der Waals surface area contributed by atoms with Crippen LogP contribution in [0.5, 0.6) is 0 Å². The maximum Gasteiger partial charge on any atom is 0.325 e. The minimum absolute atomic E-state index is 0.0849. The van der Waals surface area contributed by atoms with Crippen LogP contribution in [0, 0.1) is 0 Å². The Kier molecular flexibility index (Phi) is 2.42. The first-order valence-corrected chi connectivity index (χ1v) is 5.17. The minimum Gasteiger partial charge on any atom is -0.468 e. The van der Waals surface area contributed by atoms with Crippen LogP contribution < -0.4 is 0 Å². The molecule has 0 N–H and O–H groups in total. The van der Waals surface area contributed by atoms with Gasteiger partial charge < -0.3 is 9.64 Å². The first kappa shape index (κ1) is 10.4. The lowest BCUT2D eigenvalue weighted by Gasteiger charge is -2.38. The average molecular weight is 212 g/mol. The van der Waals surface area contributed by atoms with Crippen LogP contribution >= 0.6 is 0 Å². The summed E-state index contributed by atoms with van der Waals surface area (Å²) < 4.78 is 4.57. The van der Waals surface area contributed by atoms with E-state index < -0.39 is 0 Å². The van der Waals surface area contributed by atoms with Gasteiger partial charge >= 0.3 is 5.97 Å². The van der Waals surface area contributed by atoms with Gasteiger partial charge in [0.2, 0.25) is 5.91 Å². The van der Waals surface area contributed by atoms with Crippen molar-refractivity contribution >= 4 is 11.9 Å². The van der Waals surface area contributed by atoms with Gasteiger partial charge in [-0.1, -0.05) is 0 Å². The van der Waals surface area contributed by atoms with Crippen molar-refractivity contribution in [3.05, 3.63) is 0 Å². The van der Waals surface area contributed by atoms with E-state index in [0.29, 0.717) is 6.54 Å². The predicted octanol–water partition coefficient (Wildman–Crippen LogP) is -0.534. The van der Waals surface area contributed by atoms with Crippen LogP contribution in [-0.2, 0) is 14.3 Å². The van der Waals surface area contributed by atoms with Gasteiger partial charge in [0, 0.05) is 13.1 Å². The van der Waals surface area contributed by atoms with Crippen molar-refractivity contribution in [2.24, 2.45) is 0 Å². The molecule has 2 rings (SSSR count). The molecule has 15 heavy (non-hydrogen) atoms. The van der Waals surface area contributed by atoms with Gasteiger partial charge in [0.05, 0.1) is 7.11 Å². The Morgan fingerprint density at radius 3 is 2.67 bits per heavy atom. The van der Waals surface area contributed by atoms with Gasteiger partial charge in [0.25, 0.3) is 0 Å². The van der Waals surface area contributed by atoms with E-state index in [-0.39, 0.29) is 24.0 Å². The van der Waals surface area contributed by atoms with Crippen LogP contribution in [0.4, 0.5) is 0 Å². The zero-order valence-electron chi connectivity index (χ0n) is 9.15. The molecule has 5 nitrogen and oxygen atoms in total. The highest BCUT2D eigenvalue weighted by molar-refractivity contribution is 5.92. The van der Waals surface area contributed by atoms with Crippen molar-refractivity contribution in [1.29, 1.82) is 0 Å². The molecular formula is C10H16N2O3. The highest BCUT2D eigenvalue weighted by Crippen LogP contribution is 2.44. The molecule has 0 aromatic carbocycles. The van der Waals surface area contributed by atoms with Crippen molar-refractivity contribution in [2.75, 3.05) is 33.8 Å². The van der Waals surface area contributed by atoms with Crippen LogP contribution in [0.2, 0.25) is 0 Å². The molecule has 0 radical (unpaired) electrons. The van der Waals surface area contributed by atoms with Crippen LogP contribution in [0.15, 0.2) is 0 Å². The lowest BCUT2D eigenvalue weighted by molar-refractivity contribution is -0.152. The SMILES string of the molecule is COC(=O)CN1CCN(C)C2(CC2)C1=O. The minimum atomic E-state index is -0.344. The zero-order chi connectivity index (χ0) is 11.1. The Balaban J connectivity index is 2.03. The molecule has 0 atom stereocenters. The smallest absolute Gasteiger partial charge is 0.325 e. The first-order valence-electron chi connectivity index (χ1n) is 5.17. The van der Waals surface area contributed by atoms with E-state index >= 15 is 0 Å². The molecule has 1 saturated carbocycles. The number of piperazine rings is 1. The van der Waals surface area contributed by atoms with Gasteiger partial charge in [-0.3, -0.25) is 14.5 Å². The standard InChI is InChI=1S/C10H16N2O3/c1-11-5-6-12(7-8(13)15-2)9(14)10(11)3-4-10/h3-7H2,1-2H3. The van der Waals surface area contributed by atoms with Crippen LogP contribution in [0.1, 0.15) is 12.8 Å². The van der Waals surface area contributed by atoms with Crippen molar-refractivity contribution in [1.82, 2.24) is 9.80 Å². The summed E-state index contributed by atoms with van der Waals surface area (Å²) in [5.74, 6) is -0.259. The van der Waals surface area contributed by atoms with E-state index in [1.54, 1.807) is 4.90 Å². The molecule has 1 spiro atoms. The van der Waals surface area contributed by atoms with Gasteiger partial charge in [-0.05, 0) is 19.9 Å². The molecule has 1 saturated heterocycles. The van der Waals surface area contributed by atoms with E-state index in [0.717, 1.165) is 19.4 Å².